The van der Waals surface area contributed by atoms with Gasteiger partial charge in [0.1, 0.15) is 0 Å². The third-order valence-electron chi connectivity index (χ3n) is 2.42. The Morgan fingerprint density at radius 3 is 2.00 bits per heavy atom. The van der Waals surface area contributed by atoms with Crippen LogP contribution in [0.5, 0.6) is 0 Å². The Morgan fingerprint density at radius 1 is 1.33 bits per heavy atom. The molecule has 2 unspecified atom stereocenters. The standard InChI is InChI=1S/C10H15NO4/c1-6(2)4-10(5-11,9(14)15)7(3)8(12)13/h6-7H,4H2,1-3H3,(H,12,13)(H,14,15). The first-order chi connectivity index (χ1) is 6.77. The molecule has 2 N–H and O–H groups in total. The van der Waals surface area contributed by atoms with E-state index in [4.69, 9.17) is 15.5 Å². The van der Waals surface area contributed by atoms with Crippen molar-refractivity contribution in [3.8, 4) is 6.07 Å². The molecule has 0 bridgehead atoms. The molecular weight excluding hydrogens is 198 g/mol. The third kappa shape index (κ3) is 2.69. The maximum atomic E-state index is 11.0. The molecule has 2 atom stereocenters. The summed E-state index contributed by atoms with van der Waals surface area (Å²) in [5, 5.41) is 26.7. The normalized spacial score (nSPS) is 16.5. The van der Waals surface area contributed by atoms with Gasteiger partial charge in [0, 0.05) is 0 Å². The van der Waals surface area contributed by atoms with Gasteiger partial charge in [-0.05, 0) is 19.3 Å². The lowest BCUT2D eigenvalue weighted by Crippen LogP contribution is -2.41. The molecule has 0 spiro atoms. The highest BCUT2D eigenvalue weighted by molar-refractivity contribution is 5.85. The van der Waals surface area contributed by atoms with Crippen molar-refractivity contribution in [2.75, 3.05) is 0 Å². The largest absolute Gasteiger partial charge is 0.481 e. The number of carboxylic acids is 2. The Bertz CT molecular complexity index is 305. The quantitative estimate of drug-likeness (QED) is 0.718. The average Bonchev–Trinajstić information content (AvgIpc) is 2.12. The molecule has 0 aromatic rings. The van der Waals surface area contributed by atoms with Gasteiger partial charge in [-0.1, -0.05) is 13.8 Å². The van der Waals surface area contributed by atoms with Crippen LogP contribution in [0.2, 0.25) is 0 Å². The smallest absolute Gasteiger partial charge is 0.324 e. The topological polar surface area (TPSA) is 98.4 Å². The maximum Gasteiger partial charge on any atom is 0.324 e. The second-order valence-electron chi connectivity index (χ2n) is 4.05. The second-order valence-corrected chi connectivity index (χ2v) is 4.05. The Hall–Kier alpha value is -1.57. The highest BCUT2D eigenvalue weighted by atomic mass is 16.4. The highest BCUT2D eigenvalue weighted by Crippen LogP contribution is 2.34. The summed E-state index contributed by atoms with van der Waals surface area (Å²) in [6.45, 7) is 4.76. The molecule has 15 heavy (non-hydrogen) atoms. The van der Waals surface area contributed by atoms with Crippen LogP contribution in [0, 0.1) is 28.6 Å². The van der Waals surface area contributed by atoms with Gasteiger partial charge in [-0.15, -0.1) is 0 Å². The number of hydrogen-bond donors (Lipinski definition) is 2. The first-order valence-corrected chi connectivity index (χ1v) is 4.65. The summed E-state index contributed by atoms with van der Waals surface area (Å²) in [4.78, 5) is 21.8. The summed E-state index contributed by atoms with van der Waals surface area (Å²) in [5.74, 6) is -3.90. The summed E-state index contributed by atoms with van der Waals surface area (Å²) >= 11 is 0. The van der Waals surface area contributed by atoms with Gasteiger partial charge in [0.25, 0.3) is 0 Å². The van der Waals surface area contributed by atoms with Crippen molar-refractivity contribution >= 4 is 11.9 Å². The Balaban J connectivity index is 5.27. The van der Waals surface area contributed by atoms with Gasteiger partial charge in [0.15, 0.2) is 5.41 Å². The van der Waals surface area contributed by atoms with Crippen LogP contribution in [0.4, 0.5) is 0 Å². The van der Waals surface area contributed by atoms with Crippen molar-refractivity contribution in [1.82, 2.24) is 0 Å². The van der Waals surface area contributed by atoms with Crippen molar-refractivity contribution in [3.05, 3.63) is 0 Å². The molecule has 0 heterocycles. The zero-order valence-corrected chi connectivity index (χ0v) is 9.02. The minimum Gasteiger partial charge on any atom is -0.481 e. The van der Waals surface area contributed by atoms with E-state index in [0.29, 0.717) is 0 Å². The van der Waals surface area contributed by atoms with E-state index in [1.54, 1.807) is 19.9 Å². The van der Waals surface area contributed by atoms with Crippen molar-refractivity contribution in [2.45, 2.75) is 27.2 Å². The van der Waals surface area contributed by atoms with Gasteiger partial charge in [-0.2, -0.15) is 5.26 Å². The molecule has 5 heteroatoms. The summed E-state index contributed by atoms with van der Waals surface area (Å²) in [6.07, 6.45) is 0.0340. The third-order valence-corrected chi connectivity index (χ3v) is 2.42. The highest BCUT2D eigenvalue weighted by Gasteiger charge is 2.48. The van der Waals surface area contributed by atoms with Crippen LogP contribution in [0.1, 0.15) is 27.2 Å². The predicted octanol–water partition coefficient (Wildman–Crippen LogP) is 1.35. The Morgan fingerprint density at radius 2 is 1.80 bits per heavy atom. The van der Waals surface area contributed by atoms with Crippen molar-refractivity contribution in [1.29, 1.82) is 5.26 Å². The molecule has 0 saturated carbocycles. The lowest BCUT2D eigenvalue weighted by molar-refractivity contribution is -0.158. The van der Waals surface area contributed by atoms with E-state index in [2.05, 4.69) is 0 Å². The first kappa shape index (κ1) is 13.4. The Kier molecular flexibility index (Phi) is 4.28. The molecule has 0 aromatic carbocycles. The van der Waals surface area contributed by atoms with Crippen LogP contribution < -0.4 is 0 Å². The van der Waals surface area contributed by atoms with Crippen molar-refractivity contribution in [2.24, 2.45) is 17.3 Å². The van der Waals surface area contributed by atoms with E-state index in [1.165, 1.54) is 6.92 Å². The lowest BCUT2D eigenvalue weighted by atomic mass is 9.72. The van der Waals surface area contributed by atoms with Gasteiger partial charge in [-0.25, -0.2) is 0 Å². The number of carbonyl (C=O) groups is 2. The van der Waals surface area contributed by atoms with E-state index in [0.717, 1.165) is 0 Å². The number of hydrogen-bond acceptors (Lipinski definition) is 3. The fraction of sp³-hybridized carbons (Fsp3) is 0.700. The predicted molar refractivity (Wildman–Crippen MR) is 51.9 cm³/mol. The van der Waals surface area contributed by atoms with Crippen LogP contribution in [0.15, 0.2) is 0 Å². The zero-order valence-electron chi connectivity index (χ0n) is 9.02. The first-order valence-electron chi connectivity index (χ1n) is 4.65. The van der Waals surface area contributed by atoms with Crippen LogP contribution in [-0.2, 0) is 9.59 Å². The van der Waals surface area contributed by atoms with Crippen LogP contribution >= 0.6 is 0 Å². The van der Waals surface area contributed by atoms with Gasteiger partial charge in [0.2, 0.25) is 0 Å². The van der Waals surface area contributed by atoms with Gasteiger partial charge >= 0.3 is 11.9 Å². The van der Waals surface area contributed by atoms with Gasteiger partial charge in [-0.3, -0.25) is 9.59 Å². The molecule has 0 fully saturated rings. The van der Waals surface area contributed by atoms with Crippen molar-refractivity contribution in [3.63, 3.8) is 0 Å². The van der Waals surface area contributed by atoms with Crippen LogP contribution in [0.25, 0.3) is 0 Å². The van der Waals surface area contributed by atoms with Crippen LogP contribution in [-0.4, -0.2) is 22.2 Å². The summed E-state index contributed by atoms with van der Waals surface area (Å²) in [6, 6.07) is 1.65. The Labute approximate surface area is 88.3 Å². The minimum atomic E-state index is -1.83. The molecule has 0 amide bonds. The molecular formula is C10H15NO4. The molecule has 84 valence electrons. The number of nitrogens with zero attached hydrogens (tertiary/aromatic N) is 1. The average molecular weight is 213 g/mol. The summed E-state index contributed by atoms with van der Waals surface area (Å²) in [5.41, 5.74) is -1.83. The number of nitriles is 1. The second kappa shape index (κ2) is 4.78. The number of rotatable bonds is 5. The fourth-order valence-electron chi connectivity index (χ4n) is 1.49. The van der Waals surface area contributed by atoms with E-state index in [9.17, 15) is 9.59 Å². The molecule has 0 aliphatic carbocycles. The fourth-order valence-corrected chi connectivity index (χ4v) is 1.49. The van der Waals surface area contributed by atoms with E-state index in [1.807, 2.05) is 0 Å². The molecule has 0 radical (unpaired) electrons. The van der Waals surface area contributed by atoms with Crippen LogP contribution in [0.3, 0.4) is 0 Å². The molecule has 5 nitrogen and oxygen atoms in total. The van der Waals surface area contributed by atoms with E-state index < -0.39 is 23.3 Å². The summed E-state index contributed by atoms with van der Waals surface area (Å²) in [7, 11) is 0. The minimum absolute atomic E-state index is 0.0340. The molecule has 0 rings (SSSR count). The maximum absolute atomic E-state index is 11.0. The van der Waals surface area contributed by atoms with Gasteiger partial charge in [0.05, 0.1) is 12.0 Å². The molecule has 0 saturated heterocycles. The number of carboxylic acid groups (broad SMARTS) is 2. The zero-order chi connectivity index (χ0) is 12.2. The van der Waals surface area contributed by atoms with E-state index >= 15 is 0 Å². The van der Waals surface area contributed by atoms with Crippen molar-refractivity contribution < 1.29 is 19.8 Å². The molecule has 0 aliphatic rings. The summed E-state index contributed by atoms with van der Waals surface area (Å²) < 4.78 is 0. The monoisotopic (exact) mass is 213 g/mol. The van der Waals surface area contributed by atoms with E-state index in [-0.39, 0.29) is 12.3 Å². The number of aliphatic carboxylic acids is 2. The SMILES string of the molecule is CC(C)CC(C#N)(C(=O)O)C(C)C(=O)O. The lowest BCUT2D eigenvalue weighted by Gasteiger charge is -2.27. The molecule has 0 aliphatic heterocycles. The molecule has 0 aromatic heterocycles. The van der Waals surface area contributed by atoms with Gasteiger partial charge < -0.3 is 10.2 Å².